The van der Waals surface area contributed by atoms with E-state index in [0.717, 1.165) is 10.4 Å². The molecule has 0 atom stereocenters. The third kappa shape index (κ3) is 4.83. The number of non-ortho nitro benzene ring substituents is 1. The highest BCUT2D eigenvalue weighted by Gasteiger charge is 2.21. The van der Waals surface area contributed by atoms with E-state index in [1.807, 2.05) is 42.6 Å². The Morgan fingerprint density at radius 3 is 2.73 bits per heavy atom. The van der Waals surface area contributed by atoms with Crippen molar-refractivity contribution in [2.45, 2.75) is 20.1 Å². The minimum absolute atomic E-state index is 0.0536. The van der Waals surface area contributed by atoms with Gasteiger partial charge in [-0.3, -0.25) is 14.9 Å². The maximum atomic E-state index is 13.3. The van der Waals surface area contributed by atoms with Crippen LogP contribution >= 0.6 is 11.3 Å². The monoisotopic (exact) mass is 465 g/mol. The molecular weight excluding hydrogens is 442 g/mol. The minimum Gasteiger partial charge on any atom is -0.493 e. The molecule has 0 aliphatic rings. The summed E-state index contributed by atoms with van der Waals surface area (Å²) in [5.74, 6) is 1.02. The van der Waals surface area contributed by atoms with Crippen LogP contribution in [0.1, 0.15) is 27.7 Å². The number of fused-ring (bicyclic) bond motifs is 1. The first-order valence-corrected chi connectivity index (χ1v) is 11.2. The lowest BCUT2D eigenvalue weighted by Gasteiger charge is -2.21. The summed E-state index contributed by atoms with van der Waals surface area (Å²) < 4.78 is 11.4. The number of methoxy groups -OCH3 is 1. The topological polar surface area (TPSA) is 97.7 Å². The van der Waals surface area contributed by atoms with Crippen LogP contribution in [0.2, 0.25) is 0 Å². The van der Waals surface area contributed by atoms with Gasteiger partial charge in [-0.15, -0.1) is 11.3 Å². The standard InChI is InChI=1S/C24H23N3O5S/c1-3-26(24(28)20-13-25-21-8-7-17(27(29)30)12-19(20)21)14-16-6-9-22(23(11-16)31-2)32-15-18-5-4-10-33-18/h4-13,25H,3,14-15H2,1-2H3. The third-order valence-electron chi connectivity index (χ3n) is 5.33. The summed E-state index contributed by atoms with van der Waals surface area (Å²) >= 11 is 1.63. The summed E-state index contributed by atoms with van der Waals surface area (Å²) in [4.78, 5) is 29.8. The molecular formula is C24H23N3O5S. The van der Waals surface area contributed by atoms with Gasteiger partial charge in [0, 0.05) is 47.2 Å². The van der Waals surface area contributed by atoms with Crippen LogP contribution in [0, 0.1) is 10.1 Å². The molecule has 2 aromatic carbocycles. The normalized spacial score (nSPS) is 10.8. The summed E-state index contributed by atoms with van der Waals surface area (Å²) in [6.45, 7) is 3.18. The second-order valence-corrected chi connectivity index (χ2v) is 8.39. The van der Waals surface area contributed by atoms with E-state index >= 15 is 0 Å². The maximum Gasteiger partial charge on any atom is 0.270 e. The molecule has 33 heavy (non-hydrogen) atoms. The maximum absolute atomic E-state index is 13.3. The first kappa shape index (κ1) is 22.3. The van der Waals surface area contributed by atoms with Gasteiger partial charge in [-0.2, -0.15) is 0 Å². The Bertz CT molecular complexity index is 1280. The number of hydrogen-bond acceptors (Lipinski definition) is 6. The first-order valence-electron chi connectivity index (χ1n) is 10.4. The molecule has 0 saturated carbocycles. The van der Waals surface area contributed by atoms with E-state index in [4.69, 9.17) is 9.47 Å². The number of benzene rings is 2. The van der Waals surface area contributed by atoms with E-state index in [9.17, 15) is 14.9 Å². The number of hydrogen-bond donors (Lipinski definition) is 1. The number of nitro groups is 1. The van der Waals surface area contributed by atoms with Crippen molar-refractivity contribution in [2.24, 2.45) is 0 Å². The number of aromatic amines is 1. The van der Waals surface area contributed by atoms with Gasteiger partial charge in [-0.05, 0) is 42.1 Å². The lowest BCUT2D eigenvalue weighted by molar-refractivity contribution is -0.384. The van der Waals surface area contributed by atoms with E-state index in [1.165, 1.54) is 12.1 Å². The molecule has 9 heteroatoms. The van der Waals surface area contributed by atoms with E-state index < -0.39 is 4.92 Å². The summed E-state index contributed by atoms with van der Waals surface area (Å²) in [5, 5.41) is 13.7. The Morgan fingerprint density at radius 1 is 1.18 bits per heavy atom. The zero-order chi connectivity index (χ0) is 23.4. The van der Waals surface area contributed by atoms with Gasteiger partial charge in [0.1, 0.15) is 6.61 Å². The lowest BCUT2D eigenvalue weighted by Crippen LogP contribution is -2.30. The first-order chi connectivity index (χ1) is 16.0. The number of aromatic nitrogens is 1. The predicted octanol–water partition coefficient (Wildman–Crippen LogP) is 5.39. The number of rotatable bonds is 9. The largest absolute Gasteiger partial charge is 0.493 e. The summed E-state index contributed by atoms with van der Waals surface area (Å²) in [5.41, 5.74) is 1.91. The number of carbonyl (C=O) groups excluding carboxylic acids is 1. The van der Waals surface area contributed by atoms with Crippen molar-refractivity contribution < 1.29 is 19.2 Å². The molecule has 2 heterocycles. The molecule has 2 aromatic heterocycles. The van der Waals surface area contributed by atoms with Crippen LogP contribution in [0.5, 0.6) is 11.5 Å². The molecule has 170 valence electrons. The molecule has 0 unspecified atom stereocenters. The number of ether oxygens (including phenoxy) is 2. The molecule has 0 aliphatic carbocycles. The van der Waals surface area contributed by atoms with Gasteiger partial charge < -0.3 is 19.4 Å². The number of nitrogens with one attached hydrogen (secondary N) is 1. The SMILES string of the molecule is CCN(Cc1ccc(OCc2cccs2)c(OC)c1)C(=O)c1c[nH]c2ccc([N+](=O)[O-])cc12. The number of thiophene rings is 1. The molecule has 1 amide bonds. The van der Waals surface area contributed by atoms with Gasteiger partial charge in [0.15, 0.2) is 11.5 Å². The Balaban J connectivity index is 1.53. The van der Waals surface area contributed by atoms with Crippen LogP contribution in [-0.4, -0.2) is 34.4 Å². The molecule has 8 nitrogen and oxygen atoms in total. The molecule has 0 bridgehead atoms. The van der Waals surface area contributed by atoms with E-state index in [2.05, 4.69) is 4.98 Å². The highest BCUT2D eigenvalue weighted by molar-refractivity contribution is 7.09. The highest BCUT2D eigenvalue weighted by atomic mass is 32.1. The average molecular weight is 466 g/mol. The third-order valence-corrected chi connectivity index (χ3v) is 6.18. The fraction of sp³-hybridized carbons (Fsp3) is 0.208. The zero-order valence-corrected chi connectivity index (χ0v) is 19.1. The van der Waals surface area contributed by atoms with Gasteiger partial charge in [0.25, 0.3) is 11.6 Å². The molecule has 0 aliphatic heterocycles. The second kappa shape index (κ2) is 9.74. The van der Waals surface area contributed by atoms with Gasteiger partial charge >= 0.3 is 0 Å². The van der Waals surface area contributed by atoms with Crippen molar-refractivity contribution >= 4 is 33.8 Å². The quantitative estimate of drug-likeness (QED) is 0.264. The van der Waals surface area contributed by atoms with Crippen LogP contribution in [0.25, 0.3) is 10.9 Å². The molecule has 4 aromatic rings. The van der Waals surface area contributed by atoms with E-state index in [1.54, 1.807) is 35.6 Å². The van der Waals surface area contributed by atoms with Gasteiger partial charge in [0.05, 0.1) is 17.6 Å². The average Bonchev–Trinajstić information content (AvgIpc) is 3.50. The summed E-state index contributed by atoms with van der Waals surface area (Å²) in [6, 6.07) is 14.0. The fourth-order valence-corrected chi connectivity index (χ4v) is 4.21. The van der Waals surface area contributed by atoms with Crippen LogP contribution in [0.3, 0.4) is 0 Å². The Kier molecular flexibility index (Phi) is 6.60. The number of nitro benzene ring substituents is 1. The number of carbonyl (C=O) groups is 1. The van der Waals surface area contributed by atoms with Crippen LogP contribution in [-0.2, 0) is 13.2 Å². The van der Waals surface area contributed by atoms with Gasteiger partial charge in [-0.25, -0.2) is 0 Å². The second-order valence-electron chi connectivity index (χ2n) is 7.36. The van der Waals surface area contributed by atoms with Crippen molar-refractivity contribution in [3.05, 3.63) is 86.2 Å². The molecule has 0 fully saturated rings. The Morgan fingerprint density at radius 2 is 2.03 bits per heavy atom. The smallest absolute Gasteiger partial charge is 0.270 e. The van der Waals surface area contributed by atoms with E-state index in [0.29, 0.717) is 47.7 Å². The number of H-pyrrole nitrogens is 1. The van der Waals surface area contributed by atoms with Crippen molar-refractivity contribution in [1.82, 2.24) is 9.88 Å². The van der Waals surface area contributed by atoms with E-state index in [-0.39, 0.29) is 11.6 Å². The minimum atomic E-state index is -0.466. The summed E-state index contributed by atoms with van der Waals surface area (Å²) in [6.07, 6.45) is 1.60. The van der Waals surface area contributed by atoms with Gasteiger partial charge in [0.2, 0.25) is 0 Å². The Labute approximate surface area is 194 Å². The van der Waals surface area contributed by atoms with Crippen LogP contribution < -0.4 is 9.47 Å². The van der Waals surface area contributed by atoms with Crippen molar-refractivity contribution in [2.75, 3.05) is 13.7 Å². The van der Waals surface area contributed by atoms with Crippen molar-refractivity contribution in [3.8, 4) is 11.5 Å². The highest BCUT2D eigenvalue weighted by Crippen LogP contribution is 2.30. The molecule has 4 rings (SSSR count). The molecule has 0 radical (unpaired) electrons. The van der Waals surface area contributed by atoms with Crippen LogP contribution in [0.15, 0.2) is 60.1 Å². The van der Waals surface area contributed by atoms with Crippen molar-refractivity contribution in [3.63, 3.8) is 0 Å². The molecule has 0 spiro atoms. The molecule has 0 saturated heterocycles. The molecule has 1 N–H and O–H groups in total. The van der Waals surface area contributed by atoms with Gasteiger partial charge in [-0.1, -0.05) is 12.1 Å². The number of amides is 1. The van der Waals surface area contributed by atoms with Crippen molar-refractivity contribution in [1.29, 1.82) is 0 Å². The number of nitrogens with zero attached hydrogens (tertiary/aromatic N) is 2. The Hall–Kier alpha value is -3.85. The zero-order valence-electron chi connectivity index (χ0n) is 18.2. The lowest BCUT2D eigenvalue weighted by atomic mass is 10.1. The predicted molar refractivity (Wildman–Crippen MR) is 127 cm³/mol. The summed E-state index contributed by atoms with van der Waals surface area (Å²) in [7, 11) is 1.58. The van der Waals surface area contributed by atoms with Crippen LogP contribution in [0.4, 0.5) is 5.69 Å². The fourth-order valence-electron chi connectivity index (χ4n) is 3.59.